The molecular weight excluding hydrogens is 238 g/mol. The summed E-state index contributed by atoms with van der Waals surface area (Å²) in [5.74, 6) is 0. The van der Waals surface area contributed by atoms with E-state index in [2.05, 4.69) is 0 Å². The summed E-state index contributed by atoms with van der Waals surface area (Å²) in [7, 11) is 0. The van der Waals surface area contributed by atoms with E-state index in [9.17, 15) is 4.79 Å². The predicted octanol–water partition coefficient (Wildman–Crippen LogP) is 2.42. The number of rotatable bonds is 4. The highest BCUT2D eigenvalue weighted by atomic mass is 35.5. The van der Waals surface area contributed by atoms with Crippen molar-refractivity contribution >= 4 is 11.6 Å². The SMILES string of the molecule is CCOCCn1c2c(cc(Cl)c1=O)CCCC2. The molecule has 0 unspecified atom stereocenters. The normalized spacial score (nSPS) is 14.7. The molecule has 17 heavy (non-hydrogen) atoms. The van der Waals surface area contributed by atoms with E-state index >= 15 is 0 Å². The molecular formula is C13H18ClNO2. The van der Waals surface area contributed by atoms with Crippen LogP contribution in [0.3, 0.4) is 0 Å². The van der Waals surface area contributed by atoms with E-state index in [-0.39, 0.29) is 5.56 Å². The Kier molecular flexibility index (Phi) is 4.24. The molecule has 0 fully saturated rings. The number of aromatic nitrogens is 1. The summed E-state index contributed by atoms with van der Waals surface area (Å²) in [5.41, 5.74) is 2.31. The zero-order chi connectivity index (χ0) is 12.3. The molecule has 0 bridgehead atoms. The fourth-order valence-corrected chi connectivity index (χ4v) is 2.61. The van der Waals surface area contributed by atoms with Gasteiger partial charge in [-0.2, -0.15) is 0 Å². The van der Waals surface area contributed by atoms with Crippen molar-refractivity contribution in [1.82, 2.24) is 4.57 Å². The van der Waals surface area contributed by atoms with Crippen molar-refractivity contribution in [2.75, 3.05) is 13.2 Å². The Morgan fingerprint density at radius 1 is 1.41 bits per heavy atom. The summed E-state index contributed by atoms with van der Waals surface area (Å²) in [6.45, 7) is 3.81. The predicted molar refractivity (Wildman–Crippen MR) is 68.8 cm³/mol. The van der Waals surface area contributed by atoms with E-state index in [0.717, 1.165) is 25.0 Å². The topological polar surface area (TPSA) is 31.2 Å². The molecule has 1 aliphatic rings. The first kappa shape index (κ1) is 12.7. The lowest BCUT2D eigenvalue weighted by atomic mass is 9.96. The van der Waals surface area contributed by atoms with Gasteiger partial charge >= 0.3 is 0 Å². The standard InChI is InChI=1S/C13H18ClNO2/c1-2-17-8-7-15-12-6-4-3-5-10(12)9-11(14)13(15)16/h9H,2-8H2,1H3. The monoisotopic (exact) mass is 255 g/mol. The van der Waals surface area contributed by atoms with Crippen LogP contribution in [0.1, 0.15) is 31.0 Å². The van der Waals surface area contributed by atoms with Gasteiger partial charge in [-0.1, -0.05) is 11.6 Å². The molecule has 0 aromatic carbocycles. The van der Waals surface area contributed by atoms with Gasteiger partial charge in [-0.25, -0.2) is 0 Å². The fourth-order valence-electron chi connectivity index (χ4n) is 2.38. The lowest BCUT2D eigenvalue weighted by Gasteiger charge is -2.21. The minimum absolute atomic E-state index is 0.0768. The lowest BCUT2D eigenvalue weighted by molar-refractivity contribution is 0.137. The minimum Gasteiger partial charge on any atom is -0.380 e. The van der Waals surface area contributed by atoms with Gasteiger partial charge < -0.3 is 9.30 Å². The van der Waals surface area contributed by atoms with Gasteiger partial charge in [0.05, 0.1) is 6.61 Å². The van der Waals surface area contributed by atoms with Gasteiger partial charge in [-0.3, -0.25) is 4.79 Å². The van der Waals surface area contributed by atoms with Crippen molar-refractivity contribution in [1.29, 1.82) is 0 Å². The Labute approximate surface area is 106 Å². The van der Waals surface area contributed by atoms with Crippen LogP contribution >= 0.6 is 11.6 Å². The van der Waals surface area contributed by atoms with Crippen LogP contribution in [0.2, 0.25) is 5.02 Å². The maximum Gasteiger partial charge on any atom is 0.269 e. The summed E-state index contributed by atoms with van der Waals surface area (Å²) in [6.07, 6.45) is 4.35. The number of aryl methyl sites for hydroxylation is 1. The molecule has 1 aliphatic carbocycles. The zero-order valence-corrected chi connectivity index (χ0v) is 10.9. The molecule has 0 aliphatic heterocycles. The second kappa shape index (κ2) is 5.69. The average Bonchev–Trinajstić information content (AvgIpc) is 2.34. The Hall–Kier alpha value is -0.800. The number of ether oxygens (including phenoxy) is 1. The summed E-state index contributed by atoms with van der Waals surface area (Å²) < 4.78 is 7.12. The van der Waals surface area contributed by atoms with Crippen LogP contribution in [-0.4, -0.2) is 17.8 Å². The Morgan fingerprint density at radius 2 is 2.18 bits per heavy atom. The van der Waals surface area contributed by atoms with Crippen LogP contribution < -0.4 is 5.56 Å². The maximum atomic E-state index is 12.0. The van der Waals surface area contributed by atoms with Gasteiger partial charge in [0.15, 0.2) is 0 Å². The van der Waals surface area contributed by atoms with Crippen molar-refractivity contribution < 1.29 is 4.74 Å². The first-order valence-corrected chi connectivity index (χ1v) is 6.60. The molecule has 3 nitrogen and oxygen atoms in total. The molecule has 0 saturated heterocycles. The van der Waals surface area contributed by atoms with E-state index in [4.69, 9.17) is 16.3 Å². The number of pyridine rings is 1. The van der Waals surface area contributed by atoms with E-state index in [1.54, 1.807) is 4.57 Å². The molecule has 1 aromatic heterocycles. The van der Waals surface area contributed by atoms with Crippen LogP contribution in [0, 0.1) is 0 Å². The first-order valence-electron chi connectivity index (χ1n) is 6.23. The van der Waals surface area contributed by atoms with Gasteiger partial charge in [0, 0.05) is 18.8 Å². The number of fused-ring (bicyclic) bond motifs is 1. The molecule has 94 valence electrons. The Morgan fingerprint density at radius 3 is 2.94 bits per heavy atom. The van der Waals surface area contributed by atoms with Crippen LogP contribution in [0.4, 0.5) is 0 Å². The number of halogens is 1. The van der Waals surface area contributed by atoms with E-state index in [1.807, 2.05) is 13.0 Å². The number of hydrogen-bond donors (Lipinski definition) is 0. The first-order chi connectivity index (χ1) is 8.24. The molecule has 0 N–H and O–H groups in total. The summed E-state index contributed by atoms with van der Waals surface area (Å²) >= 11 is 5.99. The smallest absolute Gasteiger partial charge is 0.269 e. The number of hydrogen-bond acceptors (Lipinski definition) is 2. The van der Waals surface area contributed by atoms with Crippen molar-refractivity contribution in [2.45, 2.75) is 39.2 Å². The van der Waals surface area contributed by atoms with Crippen molar-refractivity contribution in [3.05, 3.63) is 32.7 Å². The maximum absolute atomic E-state index is 12.0. The van der Waals surface area contributed by atoms with Crippen LogP contribution in [0.15, 0.2) is 10.9 Å². The quantitative estimate of drug-likeness (QED) is 0.774. The zero-order valence-electron chi connectivity index (χ0n) is 10.2. The Bertz CT molecular complexity index is 453. The van der Waals surface area contributed by atoms with Crippen LogP contribution in [-0.2, 0) is 24.1 Å². The third-order valence-corrected chi connectivity index (χ3v) is 3.49. The third kappa shape index (κ3) is 2.72. The lowest BCUT2D eigenvalue weighted by Crippen LogP contribution is -2.28. The number of nitrogens with zero attached hydrogens (tertiary/aromatic N) is 1. The average molecular weight is 256 g/mol. The molecule has 0 amide bonds. The Balaban J connectivity index is 2.33. The third-order valence-electron chi connectivity index (χ3n) is 3.22. The molecule has 2 rings (SSSR count). The molecule has 0 spiro atoms. The van der Waals surface area contributed by atoms with Gasteiger partial charge in [-0.15, -0.1) is 0 Å². The molecule has 1 aromatic rings. The van der Waals surface area contributed by atoms with Crippen molar-refractivity contribution in [3.63, 3.8) is 0 Å². The second-order valence-corrected chi connectivity index (χ2v) is 4.73. The van der Waals surface area contributed by atoms with Gasteiger partial charge in [-0.05, 0) is 44.2 Å². The highest BCUT2D eigenvalue weighted by Crippen LogP contribution is 2.22. The largest absolute Gasteiger partial charge is 0.380 e. The van der Waals surface area contributed by atoms with Crippen LogP contribution in [0.5, 0.6) is 0 Å². The molecule has 0 saturated carbocycles. The van der Waals surface area contributed by atoms with Crippen molar-refractivity contribution in [2.24, 2.45) is 0 Å². The molecule has 0 atom stereocenters. The fraction of sp³-hybridized carbons (Fsp3) is 0.615. The van der Waals surface area contributed by atoms with Gasteiger partial charge in [0.1, 0.15) is 5.02 Å². The second-order valence-electron chi connectivity index (χ2n) is 4.33. The molecule has 0 radical (unpaired) electrons. The minimum atomic E-state index is -0.0768. The molecule has 4 heteroatoms. The highest BCUT2D eigenvalue weighted by Gasteiger charge is 2.16. The summed E-state index contributed by atoms with van der Waals surface area (Å²) in [5, 5.41) is 0.335. The highest BCUT2D eigenvalue weighted by molar-refractivity contribution is 6.30. The van der Waals surface area contributed by atoms with Crippen LogP contribution in [0.25, 0.3) is 0 Å². The van der Waals surface area contributed by atoms with E-state index in [0.29, 0.717) is 24.8 Å². The van der Waals surface area contributed by atoms with E-state index in [1.165, 1.54) is 12.0 Å². The summed E-state index contributed by atoms with van der Waals surface area (Å²) in [4.78, 5) is 12.0. The molecule has 1 heterocycles. The van der Waals surface area contributed by atoms with E-state index < -0.39 is 0 Å². The van der Waals surface area contributed by atoms with Gasteiger partial charge in [0.25, 0.3) is 5.56 Å². The van der Waals surface area contributed by atoms with Crippen molar-refractivity contribution in [3.8, 4) is 0 Å². The van der Waals surface area contributed by atoms with Gasteiger partial charge in [0.2, 0.25) is 0 Å². The summed E-state index contributed by atoms with van der Waals surface area (Å²) in [6, 6.07) is 1.84.